The third-order valence-electron chi connectivity index (χ3n) is 2.13. The number of methoxy groups -OCH3 is 1. The summed E-state index contributed by atoms with van der Waals surface area (Å²) in [6.45, 7) is 4.26. The molecule has 0 aliphatic heterocycles. The van der Waals surface area contributed by atoms with Gasteiger partial charge in [-0.3, -0.25) is 4.79 Å². The maximum Gasteiger partial charge on any atom is 0.180 e. The highest BCUT2D eigenvalue weighted by molar-refractivity contribution is 6.31. The Morgan fingerprint density at radius 3 is 2.75 bits per heavy atom. The molecule has 16 heavy (non-hydrogen) atoms. The quantitative estimate of drug-likeness (QED) is 0.806. The molecule has 1 rings (SSSR count). The van der Waals surface area contributed by atoms with Gasteiger partial charge >= 0.3 is 0 Å². The van der Waals surface area contributed by atoms with Gasteiger partial charge in [-0.15, -0.1) is 0 Å². The number of hydrogen-bond acceptors (Lipinski definition) is 3. The van der Waals surface area contributed by atoms with Crippen molar-refractivity contribution in [3.8, 4) is 5.75 Å². The third-order valence-corrected chi connectivity index (χ3v) is 2.37. The van der Waals surface area contributed by atoms with Crippen LogP contribution in [0.4, 0.5) is 0 Å². The van der Waals surface area contributed by atoms with Crippen LogP contribution < -0.4 is 10.1 Å². The Labute approximate surface area is 101 Å². The lowest BCUT2D eigenvalue weighted by Crippen LogP contribution is -2.29. The van der Waals surface area contributed by atoms with Crippen LogP contribution in [0.5, 0.6) is 5.75 Å². The first-order valence-electron chi connectivity index (χ1n) is 5.14. The molecule has 0 aromatic heterocycles. The highest BCUT2D eigenvalue weighted by Gasteiger charge is 2.12. The number of Topliss-reactive ketones (excluding diaryl/α,β-unsaturated/α-hetero) is 1. The van der Waals surface area contributed by atoms with Gasteiger partial charge in [0.1, 0.15) is 5.75 Å². The molecule has 0 fully saturated rings. The van der Waals surface area contributed by atoms with Crippen molar-refractivity contribution in [2.75, 3.05) is 13.7 Å². The number of nitrogens with one attached hydrogen (secondary N) is 1. The van der Waals surface area contributed by atoms with Crippen molar-refractivity contribution in [3.05, 3.63) is 28.8 Å². The van der Waals surface area contributed by atoms with Crippen molar-refractivity contribution < 1.29 is 9.53 Å². The summed E-state index contributed by atoms with van der Waals surface area (Å²) in [5, 5.41) is 3.60. The van der Waals surface area contributed by atoms with Gasteiger partial charge in [0.05, 0.1) is 19.2 Å². The summed E-state index contributed by atoms with van der Waals surface area (Å²) in [6.07, 6.45) is 0. The van der Waals surface area contributed by atoms with Crippen LogP contribution in [0.2, 0.25) is 5.02 Å². The molecule has 0 saturated heterocycles. The smallest absolute Gasteiger partial charge is 0.180 e. The topological polar surface area (TPSA) is 38.3 Å². The van der Waals surface area contributed by atoms with Crippen molar-refractivity contribution in [2.24, 2.45) is 0 Å². The van der Waals surface area contributed by atoms with Gasteiger partial charge in [0.25, 0.3) is 0 Å². The van der Waals surface area contributed by atoms with Crippen molar-refractivity contribution in [1.82, 2.24) is 5.32 Å². The summed E-state index contributed by atoms with van der Waals surface area (Å²) >= 11 is 5.85. The average Bonchev–Trinajstić information content (AvgIpc) is 2.25. The number of carbonyl (C=O) groups excluding carboxylic acids is 1. The van der Waals surface area contributed by atoms with Gasteiger partial charge in [-0.25, -0.2) is 0 Å². The molecule has 0 heterocycles. The fourth-order valence-corrected chi connectivity index (χ4v) is 1.46. The van der Waals surface area contributed by atoms with Crippen molar-refractivity contribution >= 4 is 17.4 Å². The van der Waals surface area contributed by atoms with Gasteiger partial charge in [-0.2, -0.15) is 0 Å². The van der Waals surface area contributed by atoms with Gasteiger partial charge < -0.3 is 10.1 Å². The van der Waals surface area contributed by atoms with Crippen LogP contribution in [0, 0.1) is 0 Å². The van der Waals surface area contributed by atoms with Gasteiger partial charge in [0.15, 0.2) is 5.78 Å². The molecular weight excluding hydrogens is 226 g/mol. The van der Waals surface area contributed by atoms with Crippen LogP contribution in [0.1, 0.15) is 24.2 Å². The number of halogens is 1. The summed E-state index contributed by atoms with van der Waals surface area (Å²) in [6, 6.07) is 5.30. The Balaban J connectivity index is 2.84. The molecule has 0 aliphatic carbocycles. The van der Waals surface area contributed by atoms with Gasteiger partial charge in [0.2, 0.25) is 0 Å². The Morgan fingerprint density at radius 2 is 2.19 bits per heavy atom. The molecule has 0 radical (unpaired) electrons. The molecule has 1 N–H and O–H groups in total. The first-order chi connectivity index (χ1) is 7.54. The maximum absolute atomic E-state index is 11.9. The Morgan fingerprint density at radius 1 is 1.50 bits per heavy atom. The van der Waals surface area contributed by atoms with E-state index in [0.717, 1.165) is 0 Å². The summed E-state index contributed by atoms with van der Waals surface area (Å²) < 4.78 is 5.12. The molecule has 0 amide bonds. The van der Waals surface area contributed by atoms with E-state index in [1.165, 1.54) is 7.11 Å². The number of carbonyl (C=O) groups is 1. The van der Waals surface area contributed by atoms with Crippen LogP contribution in [0.25, 0.3) is 0 Å². The third kappa shape index (κ3) is 3.51. The lowest BCUT2D eigenvalue weighted by atomic mass is 10.1. The summed E-state index contributed by atoms with van der Waals surface area (Å²) in [5.74, 6) is 0.535. The fourth-order valence-electron chi connectivity index (χ4n) is 1.29. The summed E-state index contributed by atoms with van der Waals surface area (Å²) in [7, 11) is 1.54. The van der Waals surface area contributed by atoms with Crippen LogP contribution in [-0.2, 0) is 0 Å². The van der Waals surface area contributed by atoms with E-state index < -0.39 is 0 Å². The molecule has 88 valence electrons. The molecule has 1 aromatic carbocycles. The number of rotatable bonds is 5. The second-order valence-electron chi connectivity index (χ2n) is 3.80. The van der Waals surface area contributed by atoms with E-state index in [1.54, 1.807) is 18.2 Å². The Kier molecular flexibility index (Phi) is 4.77. The number of benzene rings is 1. The number of hydrogen-bond donors (Lipinski definition) is 1. The van der Waals surface area contributed by atoms with Crippen molar-refractivity contribution in [1.29, 1.82) is 0 Å². The van der Waals surface area contributed by atoms with E-state index in [9.17, 15) is 4.79 Å². The molecule has 0 spiro atoms. The lowest BCUT2D eigenvalue weighted by Gasteiger charge is -2.10. The van der Waals surface area contributed by atoms with E-state index in [0.29, 0.717) is 16.3 Å². The van der Waals surface area contributed by atoms with Crippen LogP contribution >= 0.6 is 11.6 Å². The monoisotopic (exact) mass is 241 g/mol. The van der Waals surface area contributed by atoms with E-state index in [1.807, 2.05) is 13.8 Å². The predicted octanol–water partition coefficient (Wildman–Crippen LogP) is 2.53. The first-order valence-corrected chi connectivity index (χ1v) is 5.52. The molecular formula is C12H16ClNO2. The van der Waals surface area contributed by atoms with Crippen LogP contribution in [0.15, 0.2) is 18.2 Å². The zero-order valence-corrected chi connectivity index (χ0v) is 10.5. The standard InChI is InChI=1S/C12H16ClNO2/c1-8(2)14-7-11(15)10-6-9(13)4-5-12(10)16-3/h4-6,8,14H,7H2,1-3H3. The minimum absolute atomic E-state index is 0.0203. The van der Waals surface area contributed by atoms with E-state index in [2.05, 4.69) is 5.32 Å². The highest BCUT2D eigenvalue weighted by Crippen LogP contribution is 2.22. The number of ether oxygens (including phenoxy) is 1. The van der Waals surface area contributed by atoms with Crippen LogP contribution in [0.3, 0.4) is 0 Å². The summed E-state index contributed by atoms with van der Waals surface area (Å²) in [4.78, 5) is 11.9. The minimum atomic E-state index is -0.0203. The second-order valence-corrected chi connectivity index (χ2v) is 4.24. The average molecular weight is 242 g/mol. The molecule has 3 nitrogen and oxygen atoms in total. The molecule has 4 heteroatoms. The van der Waals surface area contributed by atoms with Crippen LogP contribution in [-0.4, -0.2) is 25.5 Å². The van der Waals surface area contributed by atoms with Crippen molar-refractivity contribution in [2.45, 2.75) is 19.9 Å². The van der Waals surface area contributed by atoms with E-state index >= 15 is 0 Å². The molecule has 1 aromatic rings. The van der Waals surface area contributed by atoms with Crippen molar-refractivity contribution in [3.63, 3.8) is 0 Å². The Hall–Kier alpha value is -1.06. The molecule has 0 unspecified atom stereocenters. The lowest BCUT2D eigenvalue weighted by molar-refractivity contribution is 0.0985. The zero-order valence-electron chi connectivity index (χ0n) is 9.71. The zero-order chi connectivity index (χ0) is 12.1. The van der Waals surface area contributed by atoms with Gasteiger partial charge in [0, 0.05) is 11.1 Å². The number of ketones is 1. The summed E-state index contributed by atoms with van der Waals surface area (Å²) in [5.41, 5.74) is 0.517. The molecule has 0 atom stereocenters. The van der Waals surface area contributed by atoms with Gasteiger partial charge in [-0.05, 0) is 18.2 Å². The van der Waals surface area contributed by atoms with E-state index in [4.69, 9.17) is 16.3 Å². The Bertz CT molecular complexity index is 377. The molecule has 0 saturated carbocycles. The molecule has 0 aliphatic rings. The second kappa shape index (κ2) is 5.87. The molecule has 0 bridgehead atoms. The predicted molar refractivity (Wildman–Crippen MR) is 65.5 cm³/mol. The maximum atomic E-state index is 11.9. The van der Waals surface area contributed by atoms with E-state index in [-0.39, 0.29) is 18.4 Å². The normalized spacial score (nSPS) is 10.6. The largest absolute Gasteiger partial charge is 0.496 e. The first kappa shape index (κ1) is 13.0. The fraction of sp³-hybridized carbons (Fsp3) is 0.417. The highest BCUT2D eigenvalue weighted by atomic mass is 35.5. The SMILES string of the molecule is COc1ccc(Cl)cc1C(=O)CNC(C)C. The minimum Gasteiger partial charge on any atom is -0.496 e. The van der Waals surface area contributed by atoms with Gasteiger partial charge in [-0.1, -0.05) is 25.4 Å².